The van der Waals surface area contributed by atoms with E-state index in [-0.39, 0.29) is 11.3 Å². The van der Waals surface area contributed by atoms with E-state index < -0.39 is 9.84 Å². The van der Waals surface area contributed by atoms with E-state index in [0.29, 0.717) is 5.75 Å². The van der Waals surface area contributed by atoms with Crippen molar-refractivity contribution in [1.29, 1.82) is 0 Å². The third kappa shape index (κ3) is 1.93. The largest absolute Gasteiger partial charge is 0.327 e. The molecule has 4 heteroatoms. The van der Waals surface area contributed by atoms with Crippen LogP contribution in [0.1, 0.15) is 26.2 Å². The summed E-state index contributed by atoms with van der Waals surface area (Å²) in [5, 5.41) is -0.281. The summed E-state index contributed by atoms with van der Waals surface area (Å²) < 4.78 is 22.7. The summed E-state index contributed by atoms with van der Waals surface area (Å²) in [6.45, 7) is 1.77. The molecule has 0 bridgehead atoms. The van der Waals surface area contributed by atoms with Gasteiger partial charge in [-0.1, -0.05) is 6.42 Å². The second kappa shape index (κ2) is 3.11. The number of sulfone groups is 1. The van der Waals surface area contributed by atoms with E-state index >= 15 is 0 Å². The maximum absolute atomic E-state index is 11.3. The van der Waals surface area contributed by atoms with Crippen LogP contribution in [0.25, 0.3) is 0 Å². The van der Waals surface area contributed by atoms with Gasteiger partial charge in [0.2, 0.25) is 0 Å². The molecule has 11 heavy (non-hydrogen) atoms. The molecule has 0 amide bonds. The van der Waals surface area contributed by atoms with Gasteiger partial charge in [-0.3, -0.25) is 0 Å². The van der Waals surface area contributed by atoms with Crippen LogP contribution in [-0.2, 0) is 9.84 Å². The SMILES string of the molecule is CC(N)C1CCCCS1(=O)=O. The van der Waals surface area contributed by atoms with E-state index in [9.17, 15) is 8.42 Å². The first-order valence-electron chi connectivity index (χ1n) is 4.01. The van der Waals surface area contributed by atoms with Crippen LogP contribution in [-0.4, -0.2) is 25.5 Å². The van der Waals surface area contributed by atoms with Gasteiger partial charge >= 0.3 is 0 Å². The molecular formula is C7H15NO2S. The minimum atomic E-state index is -2.85. The highest BCUT2D eigenvalue weighted by Gasteiger charge is 2.31. The van der Waals surface area contributed by atoms with Crippen molar-refractivity contribution in [3.8, 4) is 0 Å². The minimum absolute atomic E-state index is 0.208. The van der Waals surface area contributed by atoms with Gasteiger partial charge in [-0.2, -0.15) is 0 Å². The first-order chi connectivity index (χ1) is 5.04. The highest BCUT2D eigenvalue weighted by molar-refractivity contribution is 7.92. The molecule has 2 atom stereocenters. The molecule has 1 aliphatic heterocycles. The van der Waals surface area contributed by atoms with Gasteiger partial charge in [-0.05, 0) is 19.8 Å². The Kier molecular flexibility index (Phi) is 2.54. The third-order valence-electron chi connectivity index (χ3n) is 2.22. The predicted molar refractivity (Wildman–Crippen MR) is 45.1 cm³/mol. The Labute approximate surface area is 67.9 Å². The second-order valence-corrected chi connectivity index (χ2v) is 5.60. The van der Waals surface area contributed by atoms with Crippen LogP contribution in [0.15, 0.2) is 0 Å². The van der Waals surface area contributed by atoms with Crippen LogP contribution in [0.3, 0.4) is 0 Å². The zero-order valence-corrected chi connectivity index (χ0v) is 7.60. The molecule has 1 heterocycles. The van der Waals surface area contributed by atoms with Gasteiger partial charge in [0.25, 0.3) is 0 Å². The van der Waals surface area contributed by atoms with Crippen molar-refractivity contribution in [1.82, 2.24) is 0 Å². The molecule has 1 aliphatic rings. The van der Waals surface area contributed by atoms with Gasteiger partial charge in [0.1, 0.15) is 0 Å². The van der Waals surface area contributed by atoms with E-state index in [0.717, 1.165) is 19.3 Å². The monoisotopic (exact) mass is 177 g/mol. The molecule has 3 nitrogen and oxygen atoms in total. The fourth-order valence-electron chi connectivity index (χ4n) is 1.57. The molecule has 1 fully saturated rings. The van der Waals surface area contributed by atoms with Crippen LogP contribution < -0.4 is 5.73 Å². The Balaban J connectivity index is 2.76. The van der Waals surface area contributed by atoms with Gasteiger partial charge in [0, 0.05) is 6.04 Å². The quantitative estimate of drug-likeness (QED) is 0.626. The Morgan fingerprint density at radius 1 is 1.45 bits per heavy atom. The third-order valence-corrected chi connectivity index (χ3v) is 4.66. The van der Waals surface area contributed by atoms with E-state index in [1.54, 1.807) is 6.92 Å². The standard InChI is InChI=1S/C7H15NO2S/c1-6(8)7-4-2-3-5-11(7,9)10/h6-7H,2-5,8H2,1H3. The van der Waals surface area contributed by atoms with Crippen LogP contribution in [0.2, 0.25) is 0 Å². The van der Waals surface area contributed by atoms with Gasteiger partial charge in [-0.25, -0.2) is 8.42 Å². The summed E-state index contributed by atoms with van der Waals surface area (Å²) in [6.07, 6.45) is 2.57. The Morgan fingerprint density at radius 3 is 2.45 bits per heavy atom. The zero-order valence-electron chi connectivity index (χ0n) is 6.79. The molecule has 1 saturated heterocycles. The van der Waals surface area contributed by atoms with E-state index in [1.807, 2.05) is 0 Å². The van der Waals surface area contributed by atoms with Crippen LogP contribution in [0.4, 0.5) is 0 Å². The molecule has 2 unspecified atom stereocenters. The van der Waals surface area contributed by atoms with E-state index in [1.165, 1.54) is 0 Å². The summed E-state index contributed by atoms with van der Waals surface area (Å²) >= 11 is 0. The van der Waals surface area contributed by atoms with Crippen LogP contribution in [0.5, 0.6) is 0 Å². The maximum atomic E-state index is 11.3. The topological polar surface area (TPSA) is 60.2 Å². The average molecular weight is 177 g/mol. The Hall–Kier alpha value is -0.0900. The lowest BCUT2D eigenvalue weighted by Crippen LogP contribution is -2.41. The highest BCUT2D eigenvalue weighted by Crippen LogP contribution is 2.20. The average Bonchev–Trinajstić information content (AvgIpc) is 1.85. The number of rotatable bonds is 1. The molecule has 0 aliphatic carbocycles. The van der Waals surface area contributed by atoms with Crippen molar-refractivity contribution in [3.63, 3.8) is 0 Å². The molecule has 0 spiro atoms. The Morgan fingerprint density at radius 2 is 2.09 bits per heavy atom. The number of nitrogens with two attached hydrogens (primary N) is 1. The van der Waals surface area contributed by atoms with Gasteiger partial charge in [0.05, 0.1) is 11.0 Å². The lowest BCUT2D eigenvalue weighted by Gasteiger charge is -2.24. The first-order valence-corrected chi connectivity index (χ1v) is 5.73. The van der Waals surface area contributed by atoms with E-state index in [2.05, 4.69) is 0 Å². The molecular weight excluding hydrogens is 162 g/mol. The molecule has 0 saturated carbocycles. The van der Waals surface area contributed by atoms with Crippen LogP contribution >= 0.6 is 0 Å². The normalized spacial score (nSPS) is 33.1. The summed E-state index contributed by atoms with van der Waals surface area (Å²) in [5.41, 5.74) is 5.56. The number of hydrogen-bond donors (Lipinski definition) is 1. The summed E-state index contributed by atoms with van der Waals surface area (Å²) in [4.78, 5) is 0. The lowest BCUT2D eigenvalue weighted by molar-refractivity contribution is 0.510. The van der Waals surface area contributed by atoms with Crippen molar-refractivity contribution >= 4 is 9.84 Å². The van der Waals surface area contributed by atoms with Crippen molar-refractivity contribution < 1.29 is 8.42 Å². The highest BCUT2D eigenvalue weighted by atomic mass is 32.2. The lowest BCUT2D eigenvalue weighted by atomic mass is 10.1. The molecule has 0 aromatic rings. The molecule has 0 aromatic carbocycles. The van der Waals surface area contributed by atoms with Gasteiger partial charge in [0.15, 0.2) is 9.84 Å². The first kappa shape index (κ1) is 9.00. The maximum Gasteiger partial charge on any atom is 0.154 e. The fraction of sp³-hybridized carbons (Fsp3) is 1.00. The van der Waals surface area contributed by atoms with Gasteiger partial charge in [-0.15, -0.1) is 0 Å². The van der Waals surface area contributed by atoms with Gasteiger partial charge < -0.3 is 5.73 Å². The second-order valence-electron chi connectivity index (χ2n) is 3.26. The molecule has 1 rings (SSSR count). The van der Waals surface area contributed by atoms with Crippen molar-refractivity contribution in [2.75, 3.05) is 5.75 Å². The van der Waals surface area contributed by atoms with Crippen molar-refractivity contribution in [2.24, 2.45) is 5.73 Å². The summed E-state index contributed by atoms with van der Waals surface area (Å²) in [6, 6.07) is -0.208. The smallest absolute Gasteiger partial charge is 0.154 e. The molecule has 2 N–H and O–H groups in total. The van der Waals surface area contributed by atoms with Crippen molar-refractivity contribution in [3.05, 3.63) is 0 Å². The van der Waals surface area contributed by atoms with Crippen molar-refractivity contribution in [2.45, 2.75) is 37.5 Å². The van der Waals surface area contributed by atoms with E-state index in [4.69, 9.17) is 5.73 Å². The minimum Gasteiger partial charge on any atom is -0.327 e. The zero-order chi connectivity index (χ0) is 8.48. The summed E-state index contributed by atoms with van der Waals surface area (Å²) in [7, 11) is -2.85. The molecule has 0 aromatic heterocycles. The predicted octanol–water partition coefficient (Wildman–Crippen LogP) is 0.301. The Bertz CT molecular complexity index is 221. The summed E-state index contributed by atoms with van der Waals surface area (Å²) in [5.74, 6) is 0.333. The van der Waals surface area contributed by atoms with Crippen LogP contribution in [0, 0.1) is 0 Å². The molecule has 0 radical (unpaired) electrons. The number of hydrogen-bond acceptors (Lipinski definition) is 3. The molecule has 66 valence electrons. The fourth-order valence-corrected chi connectivity index (χ4v) is 3.66.